The van der Waals surface area contributed by atoms with Crippen molar-refractivity contribution in [2.75, 3.05) is 5.75 Å². The molecule has 0 radical (unpaired) electrons. The van der Waals surface area contributed by atoms with Gasteiger partial charge in [-0.25, -0.2) is 4.98 Å². The third-order valence-corrected chi connectivity index (χ3v) is 3.74. The summed E-state index contributed by atoms with van der Waals surface area (Å²) in [7, 11) is 0. The van der Waals surface area contributed by atoms with Crippen molar-refractivity contribution < 1.29 is 5.11 Å². The number of hydrogen-bond donors (Lipinski definition) is 1. The number of hydrogen-bond acceptors (Lipinski definition) is 4. The van der Waals surface area contributed by atoms with Gasteiger partial charge in [-0.1, -0.05) is 17.8 Å². The maximum Gasteiger partial charge on any atom is 0.168 e. The topological polar surface area (TPSA) is 50.9 Å². The Hall–Kier alpha value is -1.33. The Kier molecular flexibility index (Phi) is 4.04. The molecule has 0 aromatic carbocycles. The summed E-state index contributed by atoms with van der Waals surface area (Å²) in [5.41, 5.74) is 0.313. The summed E-state index contributed by atoms with van der Waals surface area (Å²) < 4.78 is 2.04. The van der Waals surface area contributed by atoms with Gasteiger partial charge in [-0.2, -0.15) is 0 Å². The van der Waals surface area contributed by atoms with Gasteiger partial charge < -0.3 is 9.67 Å². The highest BCUT2D eigenvalue weighted by atomic mass is 32.2. The van der Waals surface area contributed by atoms with Gasteiger partial charge in [0.25, 0.3) is 0 Å². The summed E-state index contributed by atoms with van der Waals surface area (Å²) in [6, 6.07) is 5.87. The average molecular weight is 263 g/mol. The smallest absolute Gasteiger partial charge is 0.168 e. The van der Waals surface area contributed by atoms with Crippen molar-refractivity contribution in [3.8, 4) is 0 Å². The van der Waals surface area contributed by atoms with E-state index in [2.05, 4.69) is 9.97 Å². The molecule has 0 aliphatic heterocycles. The molecule has 0 fully saturated rings. The van der Waals surface area contributed by atoms with Crippen LogP contribution in [0.5, 0.6) is 0 Å². The van der Waals surface area contributed by atoms with Crippen LogP contribution in [0.4, 0.5) is 0 Å². The van der Waals surface area contributed by atoms with Gasteiger partial charge >= 0.3 is 0 Å². The molecule has 0 spiro atoms. The number of imidazole rings is 1. The number of aromatic nitrogens is 3. The number of thioether (sulfide) groups is 1. The van der Waals surface area contributed by atoms with Crippen LogP contribution < -0.4 is 0 Å². The number of pyridine rings is 1. The molecular formula is C13H17N3OS. The first-order valence-corrected chi connectivity index (χ1v) is 6.79. The number of aliphatic hydroxyl groups is 1. The second-order valence-electron chi connectivity index (χ2n) is 4.76. The molecule has 0 amide bonds. The predicted molar refractivity (Wildman–Crippen MR) is 72.6 cm³/mol. The predicted octanol–water partition coefficient (Wildman–Crippen LogP) is 2.19. The Morgan fingerprint density at radius 2 is 2.11 bits per heavy atom. The van der Waals surface area contributed by atoms with E-state index in [-0.39, 0.29) is 0 Å². The van der Waals surface area contributed by atoms with Crippen molar-refractivity contribution >= 4 is 11.8 Å². The average Bonchev–Trinajstić information content (AvgIpc) is 2.74. The number of nitrogens with zero attached hydrogens (tertiary/aromatic N) is 3. The standard InChI is InChI=1S/C13H17N3OS/c1-13(2,17)10-18-12-15-7-8-16(12)9-11-5-3-4-6-14-11/h3-8,17H,9-10H2,1-2H3. The largest absolute Gasteiger partial charge is 0.390 e. The van der Waals surface area contributed by atoms with E-state index in [9.17, 15) is 5.11 Å². The summed E-state index contributed by atoms with van der Waals surface area (Å²) in [6.45, 7) is 4.30. The Bertz CT molecular complexity index is 490. The summed E-state index contributed by atoms with van der Waals surface area (Å²) in [5.74, 6) is 0.617. The van der Waals surface area contributed by atoms with Crippen LogP contribution in [0.15, 0.2) is 41.9 Å². The van der Waals surface area contributed by atoms with Crippen molar-refractivity contribution in [3.05, 3.63) is 42.5 Å². The van der Waals surface area contributed by atoms with Crippen molar-refractivity contribution in [2.45, 2.75) is 31.1 Å². The lowest BCUT2D eigenvalue weighted by atomic mass is 10.2. The fraction of sp³-hybridized carbons (Fsp3) is 0.385. The van der Waals surface area contributed by atoms with E-state index >= 15 is 0 Å². The molecule has 2 rings (SSSR count). The van der Waals surface area contributed by atoms with Crippen LogP contribution in [0.25, 0.3) is 0 Å². The zero-order valence-corrected chi connectivity index (χ0v) is 11.4. The Morgan fingerprint density at radius 1 is 1.28 bits per heavy atom. The van der Waals surface area contributed by atoms with Crippen LogP contribution in [-0.2, 0) is 6.54 Å². The molecule has 2 aromatic heterocycles. The minimum atomic E-state index is -0.688. The van der Waals surface area contributed by atoms with Gasteiger partial charge in [0.15, 0.2) is 5.16 Å². The molecule has 2 heterocycles. The minimum absolute atomic E-state index is 0.617. The quantitative estimate of drug-likeness (QED) is 0.840. The fourth-order valence-electron chi connectivity index (χ4n) is 1.46. The lowest BCUT2D eigenvalue weighted by Crippen LogP contribution is -2.22. The third kappa shape index (κ3) is 3.85. The molecule has 2 aromatic rings. The Morgan fingerprint density at radius 3 is 2.78 bits per heavy atom. The molecule has 0 aliphatic rings. The van der Waals surface area contributed by atoms with Gasteiger partial charge in [0, 0.05) is 24.3 Å². The second kappa shape index (κ2) is 5.54. The van der Waals surface area contributed by atoms with Gasteiger partial charge in [-0.15, -0.1) is 0 Å². The maximum atomic E-state index is 9.73. The van der Waals surface area contributed by atoms with Crippen LogP contribution in [0.2, 0.25) is 0 Å². The molecular weight excluding hydrogens is 246 g/mol. The van der Waals surface area contributed by atoms with Crippen LogP contribution in [0.3, 0.4) is 0 Å². The maximum absolute atomic E-state index is 9.73. The Balaban J connectivity index is 2.04. The molecule has 18 heavy (non-hydrogen) atoms. The van der Waals surface area contributed by atoms with E-state index in [1.807, 2.05) is 29.0 Å². The zero-order chi connectivity index (χ0) is 13.0. The second-order valence-corrected chi connectivity index (χ2v) is 5.70. The van der Waals surface area contributed by atoms with Gasteiger partial charge in [0.05, 0.1) is 17.8 Å². The minimum Gasteiger partial charge on any atom is -0.390 e. The molecule has 0 unspecified atom stereocenters. The third-order valence-electron chi connectivity index (χ3n) is 2.29. The SMILES string of the molecule is CC(C)(O)CSc1nccn1Cc1ccccn1. The first-order valence-electron chi connectivity index (χ1n) is 5.81. The highest BCUT2D eigenvalue weighted by Gasteiger charge is 2.15. The van der Waals surface area contributed by atoms with E-state index in [0.717, 1.165) is 10.9 Å². The summed E-state index contributed by atoms with van der Waals surface area (Å²) in [6.07, 6.45) is 5.49. The van der Waals surface area contributed by atoms with E-state index in [4.69, 9.17) is 0 Å². The molecule has 1 N–H and O–H groups in total. The first-order chi connectivity index (χ1) is 8.54. The summed E-state index contributed by atoms with van der Waals surface area (Å²) in [4.78, 5) is 8.60. The summed E-state index contributed by atoms with van der Waals surface area (Å²) >= 11 is 1.55. The highest BCUT2D eigenvalue weighted by Crippen LogP contribution is 2.21. The van der Waals surface area contributed by atoms with Crippen LogP contribution in [-0.4, -0.2) is 31.0 Å². The normalized spacial score (nSPS) is 11.7. The molecule has 96 valence electrons. The first kappa shape index (κ1) is 13.1. The van der Waals surface area contributed by atoms with Crippen molar-refractivity contribution in [3.63, 3.8) is 0 Å². The molecule has 0 saturated carbocycles. The zero-order valence-electron chi connectivity index (χ0n) is 10.6. The molecule has 4 nitrogen and oxygen atoms in total. The molecule has 0 atom stereocenters. The van der Waals surface area contributed by atoms with E-state index in [1.54, 1.807) is 38.0 Å². The monoisotopic (exact) mass is 263 g/mol. The van der Waals surface area contributed by atoms with Gasteiger partial charge in [-0.3, -0.25) is 4.98 Å². The fourth-order valence-corrected chi connectivity index (χ4v) is 2.37. The van der Waals surface area contributed by atoms with Gasteiger partial charge in [0.1, 0.15) is 0 Å². The highest BCUT2D eigenvalue weighted by molar-refractivity contribution is 7.99. The van der Waals surface area contributed by atoms with Crippen molar-refractivity contribution in [2.24, 2.45) is 0 Å². The van der Waals surface area contributed by atoms with Crippen LogP contribution in [0, 0.1) is 0 Å². The summed E-state index contributed by atoms with van der Waals surface area (Å²) in [5, 5.41) is 10.6. The Labute approximate surface area is 111 Å². The van der Waals surface area contributed by atoms with Gasteiger partial charge in [-0.05, 0) is 26.0 Å². The van der Waals surface area contributed by atoms with Crippen LogP contribution in [0.1, 0.15) is 19.5 Å². The molecule has 0 bridgehead atoms. The van der Waals surface area contributed by atoms with Crippen LogP contribution >= 0.6 is 11.8 Å². The molecule has 0 saturated heterocycles. The molecule has 5 heteroatoms. The number of rotatable bonds is 5. The van der Waals surface area contributed by atoms with E-state index < -0.39 is 5.60 Å². The van der Waals surface area contributed by atoms with Gasteiger partial charge in [0.2, 0.25) is 0 Å². The van der Waals surface area contributed by atoms with Crippen molar-refractivity contribution in [1.82, 2.24) is 14.5 Å². The van der Waals surface area contributed by atoms with E-state index in [0.29, 0.717) is 12.3 Å². The van der Waals surface area contributed by atoms with Crippen molar-refractivity contribution in [1.29, 1.82) is 0 Å². The van der Waals surface area contributed by atoms with E-state index in [1.165, 1.54) is 0 Å². The lowest BCUT2D eigenvalue weighted by Gasteiger charge is -2.16. The lowest BCUT2D eigenvalue weighted by molar-refractivity contribution is 0.107. The molecule has 0 aliphatic carbocycles.